The minimum absolute atomic E-state index is 0.110. The van der Waals surface area contributed by atoms with E-state index in [0.29, 0.717) is 6.42 Å². The number of nitrogens with zero attached hydrogens (tertiary/aromatic N) is 1. The molecule has 2 rings (SSSR count). The van der Waals surface area contributed by atoms with Gasteiger partial charge in [0.25, 0.3) is 0 Å². The zero-order valence-corrected chi connectivity index (χ0v) is 13.2. The Hall–Kier alpha value is -1.96. The van der Waals surface area contributed by atoms with Crippen molar-refractivity contribution in [3.05, 3.63) is 65.5 Å². The SMILES string of the molecule is CC.CC.Cc1cccc(CC(=O)c2ccccc2)n1. The highest BCUT2D eigenvalue weighted by Crippen LogP contribution is 2.06. The van der Waals surface area contributed by atoms with Crippen LogP contribution in [0, 0.1) is 6.92 Å². The highest BCUT2D eigenvalue weighted by Gasteiger charge is 2.06. The molecule has 0 aliphatic carbocycles. The molecule has 108 valence electrons. The number of hydrogen-bond donors (Lipinski definition) is 0. The smallest absolute Gasteiger partial charge is 0.168 e. The van der Waals surface area contributed by atoms with E-state index < -0.39 is 0 Å². The second-order valence-electron chi connectivity index (χ2n) is 3.74. The second-order valence-corrected chi connectivity index (χ2v) is 3.74. The predicted octanol–water partition coefficient (Wildman–Crippen LogP) is 4.87. The van der Waals surface area contributed by atoms with Crippen LogP contribution in [0.4, 0.5) is 0 Å². The number of ketones is 1. The Labute approximate surface area is 122 Å². The molecular formula is C18H25NO. The standard InChI is InChI=1S/C14H13NO.2C2H6/c1-11-6-5-9-13(15-11)10-14(16)12-7-3-2-4-8-12;2*1-2/h2-9H,10H2,1H3;2*1-2H3. The summed E-state index contributed by atoms with van der Waals surface area (Å²) < 4.78 is 0. The van der Waals surface area contributed by atoms with Crippen LogP contribution < -0.4 is 0 Å². The van der Waals surface area contributed by atoms with Crippen molar-refractivity contribution >= 4 is 5.78 Å². The average molecular weight is 271 g/mol. The van der Waals surface area contributed by atoms with Crippen molar-refractivity contribution in [2.45, 2.75) is 41.0 Å². The number of hydrogen-bond acceptors (Lipinski definition) is 2. The van der Waals surface area contributed by atoms with Gasteiger partial charge in [0.1, 0.15) is 0 Å². The van der Waals surface area contributed by atoms with E-state index in [9.17, 15) is 4.79 Å². The minimum Gasteiger partial charge on any atom is -0.294 e. The van der Waals surface area contributed by atoms with Gasteiger partial charge in [-0.3, -0.25) is 9.78 Å². The van der Waals surface area contributed by atoms with Crippen LogP contribution in [0.2, 0.25) is 0 Å². The Morgan fingerprint density at radius 2 is 1.50 bits per heavy atom. The zero-order valence-electron chi connectivity index (χ0n) is 13.2. The third kappa shape index (κ3) is 6.28. The first-order valence-electron chi connectivity index (χ1n) is 7.26. The summed E-state index contributed by atoms with van der Waals surface area (Å²) in [5, 5.41) is 0. The van der Waals surface area contributed by atoms with E-state index in [-0.39, 0.29) is 5.78 Å². The van der Waals surface area contributed by atoms with Gasteiger partial charge in [0.2, 0.25) is 0 Å². The molecule has 0 bridgehead atoms. The minimum atomic E-state index is 0.110. The molecule has 0 spiro atoms. The number of aryl methyl sites for hydroxylation is 1. The molecule has 0 N–H and O–H groups in total. The summed E-state index contributed by atoms with van der Waals surface area (Å²) in [6.45, 7) is 9.93. The van der Waals surface area contributed by atoms with Crippen molar-refractivity contribution < 1.29 is 4.79 Å². The van der Waals surface area contributed by atoms with Gasteiger partial charge in [0.05, 0.1) is 6.42 Å². The van der Waals surface area contributed by atoms with Gasteiger partial charge in [-0.25, -0.2) is 0 Å². The molecule has 0 unspecified atom stereocenters. The average Bonchev–Trinajstić information content (AvgIpc) is 2.52. The number of pyridine rings is 1. The van der Waals surface area contributed by atoms with Gasteiger partial charge in [-0.1, -0.05) is 64.1 Å². The molecule has 2 aromatic rings. The Morgan fingerprint density at radius 3 is 2.05 bits per heavy atom. The zero-order chi connectivity index (χ0) is 15.4. The Bertz CT molecular complexity index is 492. The molecule has 0 fully saturated rings. The van der Waals surface area contributed by atoms with E-state index in [2.05, 4.69) is 4.98 Å². The Morgan fingerprint density at radius 1 is 0.900 bits per heavy atom. The molecule has 0 saturated heterocycles. The molecule has 0 saturated carbocycles. The summed E-state index contributed by atoms with van der Waals surface area (Å²) in [6.07, 6.45) is 0.367. The van der Waals surface area contributed by atoms with Crippen molar-refractivity contribution in [1.82, 2.24) is 4.98 Å². The monoisotopic (exact) mass is 271 g/mol. The lowest BCUT2D eigenvalue weighted by Gasteiger charge is -2.01. The lowest BCUT2D eigenvalue weighted by Crippen LogP contribution is -2.05. The van der Waals surface area contributed by atoms with Crippen LogP contribution in [0.15, 0.2) is 48.5 Å². The number of aromatic nitrogens is 1. The van der Waals surface area contributed by atoms with E-state index in [1.807, 2.05) is 83.1 Å². The fourth-order valence-electron chi connectivity index (χ4n) is 1.59. The van der Waals surface area contributed by atoms with Crippen LogP contribution in [0.25, 0.3) is 0 Å². The van der Waals surface area contributed by atoms with Crippen molar-refractivity contribution in [2.75, 3.05) is 0 Å². The summed E-state index contributed by atoms with van der Waals surface area (Å²) in [7, 11) is 0. The molecule has 0 amide bonds. The maximum Gasteiger partial charge on any atom is 0.168 e. The lowest BCUT2D eigenvalue weighted by atomic mass is 10.1. The van der Waals surface area contributed by atoms with Crippen molar-refractivity contribution in [3.8, 4) is 0 Å². The number of benzene rings is 1. The topological polar surface area (TPSA) is 30.0 Å². The van der Waals surface area contributed by atoms with Gasteiger partial charge in [-0.15, -0.1) is 0 Å². The molecule has 2 nitrogen and oxygen atoms in total. The molecule has 0 radical (unpaired) electrons. The van der Waals surface area contributed by atoms with E-state index >= 15 is 0 Å². The quantitative estimate of drug-likeness (QED) is 0.746. The number of carbonyl (C=O) groups excluding carboxylic acids is 1. The van der Waals surface area contributed by atoms with Crippen molar-refractivity contribution in [3.63, 3.8) is 0 Å². The molecule has 1 aromatic heterocycles. The summed E-state index contributed by atoms with van der Waals surface area (Å²) in [4.78, 5) is 16.2. The van der Waals surface area contributed by atoms with E-state index in [4.69, 9.17) is 0 Å². The summed E-state index contributed by atoms with van der Waals surface area (Å²) in [6, 6.07) is 15.0. The van der Waals surface area contributed by atoms with Gasteiger partial charge in [0, 0.05) is 17.0 Å². The molecule has 1 aromatic carbocycles. The molecule has 0 aliphatic rings. The predicted molar refractivity (Wildman–Crippen MR) is 86.1 cm³/mol. The number of rotatable bonds is 3. The van der Waals surface area contributed by atoms with Crippen LogP contribution >= 0.6 is 0 Å². The van der Waals surface area contributed by atoms with Gasteiger partial charge in [-0.05, 0) is 19.1 Å². The summed E-state index contributed by atoms with van der Waals surface area (Å²) in [5.41, 5.74) is 2.51. The third-order valence-electron chi connectivity index (χ3n) is 2.38. The largest absolute Gasteiger partial charge is 0.294 e. The molecule has 20 heavy (non-hydrogen) atoms. The van der Waals surface area contributed by atoms with Crippen LogP contribution in [0.5, 0.6) is 0 Å². The molecular weight excluding hydrogens is 246 g/mol. The highest BCUT2D eigenvalue weighted by molar-refractivity contribution is 5.97. The van der Waals surface area contributed by atoms with Gasteiger partial charge < -0.3 is 0 Å². The first-order chi connectivity index (χ1) is 9.75. The van der Waals surface area contributed by atoms with Crippen LogP contribution in [0.3, 0.4) is 0 Å². The lowest BCUT2D eigenvalue weighted by molar-refractivity contribution is 0.0992. The van der Waals surface area contributed by atoms with Gasteiger partial charge >= 0.3 is 0 Å². The van der Waals surface area contributed by atoms with Gasteiger partial charge in [0.15, 0.2) is 5.78 Å². The molecule has 0 aliphatic heterocycles. The second kappa shape index (κ2) is 10.9. The summed E-state index contributed by atoms with van der Waals surface area (Å²) >= 11 is 0. The van der Waals surface area contributed by atoms with Crippen molar-refractivity contribution in [2.24, 2.45) is 0 Å². The normalized spacial score (nSPS) is 8.65. The fraction of sp³-hybridized carbons (Fsp3) is 0.333. The maximum atomic E-state index is 11.9. The van der Waals surface area contributed by atoms with E-state index in [1.54, 1.807) is 0 Å². The van der Waals surface area contributed by atoms with Crippen LogP contribution in [0.1, 0.15) is 49.4 Å². The van der Waals surface area contributed by atoms with Crippen LogP contribution in [-0.2, 0) is 6.42 Å². The number of Topliss-reactive ketones (excluding diaryl/α,β-unsaturated/α-hetero) is 1. The van der Waals surface area contributed by atoms with E-state index in [0.717, 1.165) is 17.0 Å². The first kappa shape index (κ1) is 18.0. The molecule has 1 heterocycles. The first-order valence-corrected chi connectivity index (χ1v) is 7.26. The number of carbonyl (C=O) groups is 1. The highest BCUT2D eigenvalue weighted by atomic mass is 16.1. The fourth-order valence-corrected chi connectivity index (χ4v) is 1.59. The molecule has 0 atom stereocenters. The molecule has 2 heteroatoms. The third-order valence-corrected chi connectivity index (χ3v) is 2.38. The Kier molecular flexibility index (Phi) is 9.85. The van der Waals surface area contributed by atoms with Crippen LogP contribution in [-0.4, -0.2) is 10.8 Å². The van der Waals surface area contributed by atoms with E-state index in [1.165, 1.54) is 0 Å². The van der Waals surface area contributed by atoms with Crippen molar-refractivity contribution in [1.29, 1.82) is 0 Å². The maximum absolute atomic E-state index is 11.9. The summed E-state index contributed by atoms with van der Waals surface area (Å²) in [5.74, 6) is 0.110. The van der Waals surface area contributed by atoms with Gasteiger partial charge in [-0.2, -0.15) is 0 Å². The Balaban J connectivity index is 0.000000829.